The first kappa shape index (κ1) is 16.9. The van der Waals surface area contributed by atoms with Crippen LogP contribution in [0.3, 0.4) is 0 Å². The van der Waals surface area contributed by atoms with E-state index < -0.39 is 5.97 Å². The van der Waals surface area contributed by atoms with Gasteiger partial charge in [0.2, 0.25) is 0 Å². The number of carboxylic acid groups (broad SMARTS) is 1. The van der Waals surface area contributed by atoms with Gasteiger partial charge in [-0.3, -0.25) is 4.99 Å². The first-order chi connectivity index (χ1) is 11.2. The first-order valence-corrected chi connectivity index (χ1v) is 8.14. The highest BCUT2D eigenvalue weighted by atomic mass is 16.4. The predicted octanol–water partition coefficient (Wildman–Crippen LogP) is 5.26. The van der Waals surface area contributed by atoms with Gasteiger partial charge in [-0.05, 0) is 49.1 Å². The van der Waals surface area contributed by atoms with Gasteiger partial charge in [0.1, 0.15) is 0 Å². The normalized spacial score (nSPS) is 11.5. The highest BCUT2D eigenvalue weighted by molar-refractivity contribution is 6.09. The Kier molecular flexibility index (Phi) is 6.10. The van der Waals surface area contributed by atoms with Gasteiger partial charge in [0, 0.05) is 11.3 Å². The third-order valence-electron chi connectivity index (χ3n) is 3.82. The van der Waals surface area contributed by atoms with Gasteiger partial charge in [-0.1, -0.05) is 44.5 Å². The van der Waals surface area contributed by atoms with E-state index in [9.17, 15) is 9.90 Å². The molecule has 0 unspecified atom stereocenters. The van der Waals surface area contributed by atoms with Crippen LogP contribution >= 0.6 is 0 Å². The fourth-order valence-corrected chi connectivity index (χ4v) is 2.49. The van der Waals surface area contributed by atoms with Gasteiger partial charge in [0.15, 0.2) is 0 Å². The van der Waals surface area contributed by atoms with E-state index >= 15 is 0 Å². The monoisotopic (exact) mass is 309 g/mol. The van der Waals surface area contributed by atoms with Crippen molar-refractivity contribution in [2.24, 2.45) is 4.99 Å². The minimum atomic E-state index is -0.903. The molecule has 0 saturated carbocycles. The Bertz CT molecular complexity index is 690. The topological polar surface area (TPSA) is 49.7 Å². The van der Waals surface area contributed by atoms with Crippen LogP contribution in [0.25, 0.3) is 0 Å². The van der Waals surface area contributed by atoms with Gasteiger partial charge in [0.05, 0.1) is 11.3 Å². The summed E-state index contributed by atoms with van der Waals surface area (Å²) in [6, 6.07) is 15.3. The van der Waals surface area contributed by atoms with Crippen molar-refractivity contribution in [3.05, 3.63) is 65.2 Å². The summed E-state index contributed by atoms with van der Waals surface area (Å²) in [6.45, 7) is 4.19. The summed E-state index contributed by atoms with van der Waals surface area (Å²) in [4.78, 5) is 16.3. The Morgan fingerprint density at radius 3 is 2.39 bits per heavy atom. The van der Waals surface area contributed by atoms with Crippen molar-refractivity contribution in [1.29, 1.82) is 0 Å². The molecule has 2 rings (SSSR count). The maximum absolute atomic E-state index is 11.6. The number of rotatable bonds is 7. The quantitative estimate of drug-likeness (QED) is 0.709. The third-order valence-corrected chi connectivity index (χ3v) is 3.82. The highest BCUT2D eigenvalue weighted by Crippen LogP contribution is 2.21. The first-order valence-electron chi connectivity index (χ1n) is 8.14. The van der Waals surface area contributed by atoms with Crippen LogP contribution in [0.1, 0.15) is 54.6 Å². The number of aliphatic imine (C=N–C) groups is 1. The zero-order valence-corrected chi connectivity index (χ0v) is 13.7. The number of carbonyl (C=O) groups is 1. The van der Waals surface area contributed by atoms with Crippen molar-refractivity contribution in [3.8, 4) is 0 Å². The molecule has 2 aromatic carbocycles. The number of unbranched alkanes of at least 4 members (excludes halogenated alkanes) is 1. The molecule has 0 bridgehead atoms. The largest absolute Gasteiger partial charge is 0.478 e. The van der Waals surface area contributed by atoms with Crippen LogP contribution in [0, 0.1) is 0 Å². The zero-order chi connectivity index (χ0) is 16.7. The van der Waals surface area contributed by atoms with E-state index in [0.29, 0.717) is 5.56 Å². The summed E-state index contributed by atoms with van der Waals surface area (Å²) in [5.41, 5.74) is 3.91. The number of benzene rings is 2. The van der Waals surface area contributed by atoms with E-state index in [1.807, 2.05) is 42.5 Å². The molecule has 0 aliphatic rings. The lowest BCUT2D eigenvalue weighted by atomic mass is 9.96. The molecule has 3 nitrogen and oxygen atoms in total. The molecule has 0 aromatic heterocycles. The van der Waals surface area contributed by atoms with Crippen LogP contribution in [0.2, 0.25) is 0 Å². The number of nitrogens with zero attached hydrogens (tertiary/aromatic N) is 1. The van der Waals surface area contributed by atoms with E-state index in [-0.39, 0.29) is 0 Å². The van der Waals surface area contributed by atoms with Gasteiger partial charge in [-0.25, -0.2) is 4.79 Å². The number of carboxylic acids is 1. The van der Waals surface area contributed by atoms with Gasteiger partial charge >= 0.3 is 5.97 Å². The Labute approximate surface area is 137 Å². The summed E-state index contributed by atoms with van der Waals surface area (Å²) in [5.74, 6) is -0.903. The fraction of sp³-hybridized carbons (Fsp3) is 0.300. The van der Waals surface area contributed by atoms with Gasteiger partial charge in [-0.2, -0.15) is 0 Å². The second-order valence-electron chi connectivity index (χ2n) is 5.54. The molecule has 23 heavy (non-hydrogen) atoms. The molecule has 1 N–H and O–H groups in total. The average molecular weight is 309 g/mol. The van der Waals surface area contributed by atoms with E-state index in [2.05, 4.69) is 13.8 Å². The van der Waals surface area contributed by atoms with E-state index in [1.54, 1.807) is 6.07 Å². The molecule has 0 aliphatic heterocycles. The highest BCUT2D eigenvalue weighted by Gasteiger charge is 2.15. The summed E-state index contributed by atoms with van der Waals surface area (Å²) in [7, 11) is 0. The summed E-state index contributed by atoms with van der Waals surface area (Å²) >= 11 is 0. The van der Waals surface area contributed by atoms with Crippen LogP contribution in [0.4, 0.5) is 5.69 Å². The second-order valence-corrected chi connectivity index (χ2v) is 5.54. The lowest BCUT2D eigenvalue weighted by Crippen LogP contribution is -2.10. The minimum Gasteiger partial charge on any atom is -0.478 e. The van der Waals surface area contributed by atoms with E-state index in [0.717, 1.165) is 48.2 Å². The number of para-hydroxylation sites is 1. The lowest BCUT2D eigenvalue weighted by molar-refractivity contribution is 0.0696. The van der Waals surface area contributed by atoms with Crippen molar-refractivity contribution in [3.63, 3.8) is 0 Å². The number of aryl methyl sites for hydroxylation is 1. The molecule has 3 heteroatoms. The van der Waals surface area contributed by atoms with Gasteiger partial charge < -0.3 is 5.11 Å². The van der Waals surface area contributed by atoms with Gasteiger partial charge in [0.25, 0.3) is 0 Å². The molecule has 0 aliphatic carbocycles. The molecule has 0 heterocycles. The summed E-state index contributed by atoms with van der Waals surface area (Å²) < 4.78 is 0. The fourth-order valence-electron chi connectivity index (χ4n) is 2.49. The third kappa shape index (κ3) is 4.52. The Balaban J connectivity index is 2.54. The van der Waals surface area contributed by atoms with E-state index in [1.165, 1.54) is 0 Å². The molecule has 0 amide bonds. The van der Waals surface area contributed by atoms with Crippen LogP contribution < -0.4 is 0 Å². The summed E-state index contributed by atoms with van der Waals surface area (Å²) in [6.07, 6.45) is 3.68. The Hall–Kier alpha value is -2.42. The maximum Gasteiger partial charge on any atom is 0.336 e. The van der Waals surface area contributed by atoms with Crippen molar-refractivity contribution in [2.75, 3.05) is 0 Å². The molecular formula is C20H23NO2. The van der Waals surface area contributed by atoms with Crippen LogP contribution in [-0.4, -0.2) is 16.8 Å². The molecule has 0 saturated heterocycles. The molecule has 0 atom stereocenters. The molecule has 0 radical (unpaired) electrons. The molecule has 120 valence electrons. The average Bonchev–Trinajstić information content (AvgIpc) is 2.58. The van der Waals surface area contributed by atoms with Crippen LogP contribution in [-0.2, 0) is 6.42 Å². The molecule has 2 aromatic rings. The Morgan fingerprint density at radius 2 is 1.78 bits per heavy atom. The molecule has 0 fully saturated rings. The number of hydrogen-bond donors (Lipinski definition) is 1. The molecule has 0 spiro atoms. The minimum absolute atomic E-state index is 0.327. The second kappa shape index (κ2) is 8.28. The SMILES string of the molecule is CCCCC(=Nc1ccccc1)c1cc(CC)ccc1C(=O)O. The van der Waals surface area contributed by atoms with Crippen molar-refractivity contribution >= 4 is 17.4 Å². The molecular weight excluding hydrogens is 286 g/mol. The maximum atomic E-state index is 11.6. The predicted molar refractivity (Wildman–Crippen MR) is 94.9 cm³/mol. The van der Waals surface area contributed by atoms with Crippen LogP contribution in [0.15, 0.2) is 53.5 Å². The standard InChI is InChI=1S/C20H23NO2/c1-3-5-11-19(21-16-9-7-6-8-10-16)18-14-15(4-2)12-13-17(18)20(22)23/h6-10,12-14H,3-5,11H2,1-2H3,(H,22,23). The number of aromatic carboxylic acids is 1. The lowest BCUT2D eigenvalue weighted by Gasteiger charge is -2.12. The smallest absolute Gasteiger partial charge is 0.336 e. The zero-order valence-electron chi connectivity index (χ0n) is 13.7. The van der Waals surface area contributed by atoms with E-state index in [4.69, 9.17) is 4.99 Å². The van der Waals surface area contributed by atoms with Crippen molar-refractivity contribution in [1.82, 2.24) is 0 Å². The Morgan fingerprint density at radius 1 is 1.04 bits per heavy atom. The van der Waals surface area contributed by atoms with Gasteiger partial charge in [-0.15, -0.1) is 0 Å². The van der Waals surface area contributed by atoms with Crippen molar-refractivity contribution in [2.45, 2.75) is 39.5 Å². The summed E-state index contributed by atoms with van der Waals surface area (Å²) in [5, 5.41) is 9.51. The number of hydrogen-bond acceptors (Lipinski definition) is 2. The van der Waals surface area contributed by atoms with Crippen molar-refractivity contribution < 1.29 is 9.90 Å². The van der Waals surface area contributed by atoms with Crippen LogP contribution in [0.5, 0.6) is 0 Å².